The molecule has 0 aliphatic carbocycles. The highest BCUT2D eigenvalue weighted by Gasteiger charge is 2.22. The van der Waals surface area contributed by atoms with Gasteiger partial charge in [-0.3, -0.25) is 4.79 Å². The second-order valence-corrected chi connectivity index (χ2v) is 5.95. The van der Waals surface area contributed by atoms with E-state index in [2.05, 4.69) is 30.8 Å². The fraction of sp³-hybridized carbons (Fsp3) is 0.500. The Morgan fingerprint density at radius 2 is 1.81 bits per heavy atom. The summed E-state index contributed by atoms with van der Waals surface area (Å²) >= 11 is 0. The monoisotopic (exact) mass is 293 g/mol. The largest absolute Gasteiger partial charge is 0.467 e. The highest BCUT2D eigenvalue weighted by Crippen LogP contribution is 2.22. The second-order valence-electron chi connectivity index (χ2n) is 5.95. The van der Waals surface area contributed by atoms with Gasteiger partial charge >= 0.3 is 5.97 Å². The third-order valence-electron chi connectivity index (χ3n) is 3.22. The second kappa shape index (κ2) is 7.22. The minimum atomic E-state index is -0.796. The molecule has 1 atom stereocenters. The molecule has 0 unspecified atom stereocenters. The number of carbonyl (C=O) groups excluding carboxylic acids is 2. The fourth-order valence-corrected chi connectivity index (χ4v) is 1.95. The Bertz CT molecular complexity index is 488. The molecule has 0 heterocycles. The average molecular weight is 293 g/mol. The van der Waals surface area contributed by atoms with Crippen molar-refractivity contribution in [2.75, 3.05) is 13.7 Å². The number of hydrogen-bond donors (Lipinski definition) is 2. The predicted molar refractivity (Wildman–Crippen MR) is 79.9 cm³/mol. The van der Waals surface area contributed by atoms with Gasteiger partial charge in [-0.2, -0.15) is 0 Å². The van der Waals surface area contributed by atoms with E-state index in [1.54, 1.807) is 0 Å². The molecule has 0 radical (unpaired) electrons. The van der Waals surface area contributed by atoms with E-state index in [1.165, 1.54) is 12.7 Å². The lowest BCUT2D eigenvalue weighted by Gasteiger charge is -2.20. The standard InChI is InChI=1S/C16H23NO4/c1-16(2,3)12-7-5-11(6-8-12)9-13(15(20)21-4)17-14(19)10-18/h5-8,13,18H,9-10H2,1-4H3,(H,17,19)/t13-/m0/s1. The summed E-state index contributed by atoms with van der Waals surface area (Å²) in [5, 5.41) is 11.2. The van der Waals surface area contributed by atoms with Crippen LogP contribution in [-0.2, 0) is 26.2 Å². The van der Waals surface area contributed by atoms with Crippen LogP contribution in [0.15, 0.2) is 24.3 Å². The first-order chi connectivity index (χ1) is 9.77. The maximum absolute atomic E-state index is 11.7. The molecule has 21 heavy (non-hydrogen) atoms. The van der Waals surface area contributed by atoms with Gasteiger partial charge < -0.3 is 15.2 Å². The van der Waals surface area contributed by atoms with E-state index in [0.717, 1.165) is 5.56 Å². The summed E-state index contributed by atoms with van der Waals surface area (Å²) < 4.78 is 4.67. The number of methoxy groups -OCH3 is 1. The van der Waals surface area contributed by atoms with Gasteiger partial charge in [0.15, 0.2) is 0 Å². The van der Waals surface area contributed by atoms with Gasteiger partial charge in [-0.1, -0.05) is 45.0 Å². The summed E-state index contributed by atoms with van der Waals surface area (Å²) in [6, 6.07) is 7.09. The number of carbonyl (C=O) groups is 2. The van der Waals surface area contributed by atoms with Crippen molar-refractivity contribution >= 4 is 11.9 Å². The Morgan fingerprint density at radius 3 is 2.24 bits per heavy atom. The van der Waals surface area contributed by atoms with Crippen LogP contribution in [-0.4, -0.2) is 36.7 Å². The van der Waals surface area contributed by atoms with E-state index in [-0.39, 0.29) is 5.41 Å². The molecular formula is C16H23NO4. The summed E-state index contributed by atoms with van der Waals surface area (Å²) in [6.07, 6.45) is 0.322. The minimum Gasteiger partial charge on any atom is -0.467 e. The van der Waals surface area contributed by atoms with Crippen molar-refractivity contribution in [3.63, 3.8) is 0 Å². The van der Waals surface area contributed by atoms with Crippen LogP contribution in [0.5, 0.6) is 0 Å². The van der Waals surface area contributed by atoms with Crippen molar-refractivity contribution in [2.45, 2.75) is 38.6 Å². The lowest BCUT2D eigenvalue weighted by atomic mass is 9.86. The number of esters is 1. The Balaban J connectivity index is 2.83. The minimum absolute atomic E-state index is 0.0609. The fourth-order valence-electron chi connectivity index (χ4n) is 1.95. The van der Waals surface area contributed by atoms with Crippen molar-refractivity contribution < 1.29 is 19.4 Å². The zero-order valence-electron chi connectivity index (χ0n) is 13.0. The number of aliphatic hydroxyl groups excluding tert-OH is 1. The van der Waals surface area contributed by atoms with Gasteiger partial charge in [0.2, 0.25) is 5.91 Å². The molecule has 1 aromatic carbocycles. The van der Waals surface area contributed by atoms with Crippen LogP contribution in [0.1, 0.15) is 31.9 Å². The maximum atomic E-state index is 11.7. The molecule has 116 valence electrons. The van der Waals surface area contributed by atoms with Gasteiger partial charge in [0.1, 0.15) is 12.6 Å². The number of benzene rings is 1. The number of amides is 1. The molecule has 0 spiro atoms. The Morgan fingerprint density at radius 1 is 1.24 bits per heavy atom. The summed E-state index contributed by atoms with van der Waals surface area (Å²) in [4.78, 5) is 22.9. The van der Waals surface area contributed by atoms with Crippen molar-refractivity contribution in [1.82, 2.24) is 5.32 Å². The molecule has 1 amide bonds. The van der Waals surface area contributed by atoms with E-state index in [0.29, 0.717) is 6.42 Å². The predicted octanol–water partition coefficient (Wildman–Crippen LogP) is 1.18. The number of ether oxygens (including phenoxy) is 1. The van der Waals surface area contributed by atoms with Crippen LogP contribution in [0.4, 0.5) is 0 Å². The molecule has 0 saturated carbocycles. The topological polar surface area (TPSA) is 75.6 Å². The average Bonchev–Trinajstić information content (AvgIpc) is 2.45. The smallest absolute Gasteiger partial charge is 0.328 e. The van der Waals surface area contributed by atoms with Crippen LogP contribution in [0.25, 0.3) is 0 Å². The Kier molecular flexibility index (Phi) is 5.90. The lowest BCUT2D eigenvalue weighted by molar-refractivity contribution is -0.145. The molecule has 2 N–H and O–H groups in total. The first-order valence-corrected chi connectivity index (χ1v) is 6.85. The zero-order valence-corrected chi connectivity index (χ0v) is 13.0. The third-order valence-corrected chi connectivity index (χ3v) is 3.22. The third kappa shape index (κ3) is 5.19. The molecule has 5 nitrogen and oxygen atoms in total. The van der Waals surface area contributed by atoms with Crippen LogP contribution >= 0.6 is 0 Å². The first-order valence-electron chi connectivity index (χ1n) is 6.85. The van der Waals surface area contributed by atoms with Gasteiger partial charge in [0.05, 0.1) is 7.11 Å². The van der Waals surface area contributed by atoms with Crippen LogP contribution in [0.3, 0.4) is 0 Å². The summed E-state index contributed by atoms with van der Waals surface area (Å²) in [7, 11) is 1.27. The highest BCUT2D eigenvalue weighted by molar-refractivity contribution is 5.85. The molecule has 0 bridgehead atoms. The zero-order chi connectivity index (χ0) is 16.0. The van der Waals surface area contributed by atoms with E-state index >= 15 is 0 Å². The van der Waals surface area contributed by atoms with Crippen LogP contribution < -0.4 is 5.32 Å². The highest BCUT2D eigenvalue weighted by atomic mass is 16.5. The van der Waals surface area contributed by atoms with Crippen molar-refractivity contribution in [3.8, 4) is 0 Å². The van der Waals surface area contributed by atoms with Gasteiger partial charge in [-0.15, -0.1) is 0 Å². The van der Waals surface area contributed by atoms with Crippen molar-refractivity contribution in [2.24, 2.45) is 0 Å². The maximum Gasteiger partial charge on any atom is 0.328 e. The number of nitrogens with one attached hydrogen (secondary N) is 1. The number of rotatable bonds is 5. The SMILES string of the molecule is COC(=O)[C@H](Cc1ccc(C(C)(C)C)cc1)NC(=O)CO. The lowest BCUT2D eigenvalue weighted by Crippen LogP contribution is -2.44. The quantitative estimate of drug-likeness (QED) is 0.799. The summed E-state index contributed by atoms with van der Waals surface area (Å²) in [5.41, 5.74) is 2.17. The van der Waals surface area contributed by atoms with E-state index in [4.69, 9.17) is 5.11 Å². The van der Waals surface area contributed by atoms with Gasteiger partial charge in [-0.25, -0.2) is 4.79 Å². The van der Waals surface area contributed by atoms with Crippen molar-refractivity contribution in [1.29, 1.82) is 0 Å². The molecule has 0 aromatic heterocycles. The molecule has 0 fully saturated rings. The molecule has 1 aromatic rings. The summed E-state index contributed by atoms with van der Waals surface area (Å²) in [5.74, 6) is -1.13. The molecular weight excluding hydrogens is 270 g/mol. The van der Waals surface area contributed by atoms with Gasteiger partial charge in [-0.05, 0) is 16.5 Å². The van der Waals surface area contributed by atoms with Crippen LogP contribution in [0, 0.1) is 0 Å². The first kappa shape index (κ1) is 17.2. The van der Waals surface area contributed by atoms with E-state index in [9.17, 15) is 9.59 Å². The Labute approximate surface area is 125 Å². The normalized spacial score (nSPS) is 12.6. The summed E-state index contributed by atoms with van der Waals surface area (Å²) in [6.45, 7) is 5.72. The van der Waals surface area contributed by atoms with Crippen molar-refractivity contribution in [3.05, 3.63) is 35.4 Å². The molecule has 1 rings (SSSR count). The molecule has 0 saturated heterocycles. The number of hydrogen-bond acceptors (Lipinski definition) is 4. The molecule has 5 heteroatoms. The Hall–Kier alpha value is -1.88. The van der Waals surface area contributed by atoms with Crippen LogP contribution in [0.2, 0.25) is 0 Å². The van der Waals surface area contributed by atoms with E-state index in [1.807, 2.05) is 24.3 Å². The molecule has 0 aliphatic rings. The van der Waals surface area contributed by atoms with Gasteiger partial charge in [0.25, 0.3) is 0 Å². The number of aliphatic hydroxyl groups is 1. The van der Waals surface area contributed by atoms with Gasteiger partial charge in [0, 0.05) is 6.42 Å². The molecule has 0 aliphatic heterocycles. The van der Waals surface area contributed by atoms with E-state index < -0.39 is 24.5 Å².